The molecule has 0 aromatic carbocycles. The van der Waals surface area contributed by atoms with Crippen LogP contribution in [0.5, 0.6) is 0 Å². The lowest BCUT2D eigenvalue weighted by Gasteiger charge is -2.61. The topological polar surface area (TPSA) is 74.3 Å². The average molecular weight is 382 g/mol. The van der Waals surface area contributed by atoms with Gasteiger partial charge >= 0.3 is 5.63 Å². The molecule has 4 aliphatic carbocycles. The summed E-state index contributed by atoms with van der Waals surface area (Å²) in [5, 5.41) is 20.3. The van der Waals surface area contributed by atoms with Crippen LogP contribution >= 0.6 is 0 Å². The molecule has 0 amide bonds. The van der Waals surface area contributed by atoms with Gasteiger partial charge in [0, 0.05) is 17.2 Å². The van der Waals surface area contributed by atoms with Crippen molar-refractivity contribution in [3.05, 3.63) is 46.0 Å². The highest BCUT2D eigenvalue weighted by molar-refractivity contribution is 5.94. The van der Waals surface area contributed by atoms with Crippen LogP contribution in [-0.4, -0.2) is 16.4 Å². The molecule has 5 rings (SSSR count). The number of hydrogen-bond acceptors (Lipinski definition) is 4. The molecule has 0 aliphatic heterocycles. The lowest BCUT2D eigenvalue weighted by atomic mass is 9.45. The molecule has 4 nitrogen and oxygen atoms in total. The summed E-state index contributed by atoms with van der Waals surface area (Å²) < 4.78 is 5.17. The smallest absolute Gasteiger partial charge is 0.335 e. The molecule has 6 atom stereocenters. The molecule has 0 bridgehead atoms. The van der Waals surface area contributed by atoms with Crippen LogP contribution in [0.1, 0.15) is 76.7 Å². The van der Waals surface area contributed by atoms with Gasteiger partial charge in [-0.05, 0) is 92.2 Å². The maximum atomic E-state index is 12.2. The first-order valence-electron chi connectivity index (χ1n) is 10.9. The molecule has 0 saturated heterocycles. The Labute approximate surface area is 166 Å². The Morgan fingerprint density at radius 2 is 1.89 bits per heavy atom. The summed E-state index contributed by atoms with van der Waals surface area (Å²) in [7, 11) is 0. The predicted molar refractivity (Wildman–Crippen MR) is 109 cm³/mol. The van der Waals surface area contributed by atoms with Crippen molar-refractivity contribution in [1.29, 1.82) is 5.41 Å². The van der Waals surface area contributed by atoms with Crippen LogP contribution in [0.4, 0.5) is 0 Å². The Balaban J connectivity index is 1.52. The second kappa shape index (κ2) is 5.91. The van der Waals surface area contributed by atoms with Gasteiger partial charge in [-0.25, -0.2) is 4.79 Å². The third kappa shape index (κ3) is 2.27. The van der Waals surface area contributed by atoms with Crippen molar-refractivity contribution in [2.75, 3.05) is 0 Å². The monoisotopic (exact) mass is 381 g/mol. The van der Waals surface area contributed by atoms with Crippen LogP contribution in [0.15, 0.2) is 39.3 Å². The van der Waals surface area contributed by atoms with Gasteiger partial charge in [0.25, 0.3) is 0 Å². The highest BCUT2D eigenvalue weighted by Crippen LogP contribution is 2.69. The summed E-state index contributed by atoms with van der Waals surface area (Å²) in [6.45, 7) is 4.67. The molecule has 4 aliphatic rings. The van der Waals surface area contributed by atoms with Gasteiger partial charge in [0.1, 0.15) is 0 Å². The first kappa shape index (κ1) is 18.4. The molecule has 3 fully saturated rings. The molecule has 1 heterocycles. The summed E-state index contributed by atoms with van der Waals surface area (Å²) in [5.41, 5.74) is 2.29. The zero-order chi connectivity index (χ0) is 19.7. The normalized spacial score (nSPS) is 45.0. The van der Waals surface area contributed by atoms with E-state index in [1.807, 2.05) is 6.07 Å². The molecule has 0 spiro atoms. The molecule has 4 heteroatoms. The maximum Gasteiger partial charge on any atom is 0.335 e. The van der Waals surface area contributed by atoms with E-state index in [0.717, 1.165) is 62.6 Å². The van der Waals surface area contributed by atoms with Gasteiger partial charge in [-0.2, -0.15) is 0 Å². The van der Waals surface area contributed by atoms with Crippen molar-refractivity contribution < 1.29 is 9.52 Å². The van der Waals surface area contributed by atoms with Crippen LogP contribution in [0.25, 0.3) is 0 Å². The third-order valence-corrected chi connectivity index (χ3v) is 9.31. The van der Waals surface area contributed by atoms with E-state index in [1.165, 1.54) is 11.6 Å². The zero-order valence-corrected chi connectivity index (χ0v) is 17.0. The van der Waals surface area contributed by atoms with Crippen molar-refractivity contribution in [3.63, 3.8) is 0 Å². The Hall–Kier alpha value is -1.68. The fourth-order valence-corrected chi connectivity index (χ4v) is 7.66. The van der Waals surface area contributed by atoms with Gasteiger partial charge < -0.3 is 14.9 Å². The standard InChI is InChI=1S/C24H31NO3/c1-22-10-7-17(25)13-16(22)4-5-20-19(22)8-11-23(2)18(9-12-24(20,23)27)15-3-6-21(26)28-14-15/h3,6,13-14,18-20,25,27H,4-5,7-12H2,1-2H3/t18-,19?,20?,22+,23-,24+/m1/s1. The zero-order valence-electron chi connectivity index (χ0n) is 17.0. The highest BCUT2D eigenvalue weighted by atomic mass is 16.4. The molecule has 1 aromatic rings. The predicted octanol–water partition coefficient (Wildman–Crippen LogP) is 4.82. The summed E-state index contributed by atoms with van der Waals surface area (Å²) in [6, 6.07) is 3.41. The van der Waals surface area contributed by atoms with Crippen LogP contribution in [0.3, 0.4) is 0 Å². The number of hydrogen-bond donors (Lipinski definition) is 2. The van der Waals surface area contributed by atoms with E-state index >= 15 is 0 Å². The van der Waals surface area contributed by atoms with Gasteiger partial charge in [0.15, 0.2) is 0 Å². The van der Waals surface area contributed by atoms with Crippen molar-refractivity contribution >= 4 is 5.71 Å². The minimum atomic E-state index is -0.657. The van der Waals surface area contributed by atoms with E-state index < -0.39 is 5.60 Å². The Morgan fingerprint density at radius 3 is 2.64 bits per heavy atom. The van der Waals surface area contributed by atoms with Crippen molar-refractivity contribution in [2.45, 2.75) is 76.7 Å². The van der Waals surface area contributed by atoms with Crippen molar-refractivity contribution in [1.82, 2.24) is 0 Å². The van der Waals surface area contributed by atoms with E-state index in [2.05, 4.69) is 19.9 Å². The van der Waals surface area contributed by atoms with E-state index in [1.54, 1.807) is 6.26 Å². The number of allylic oxidation sites excluding steroid dienone is 2. The van der Waals surface area contributed by atoms with Crippen LogP contribution in [0, 0.1) is 28.1 Å². The molecule has 1 aromatic heterocycles. The quantitative estimate of drug-likeness (QED) is 0.732. The molecule has 28 heavy (non-hydrogen) atoms. The van der Waals surface area contributed by atoms with Gasteiger partial charge in [0.2, 0.25) is 0 Å². The maximum absolute atomic E-state index is 12.2. The van der Waals surface area contributed by atoms with Crippen LogP contribution in [0.2, 0.25) is 0 Å². The first-order valence-corrected chi connectivity index (χ1v) is 10.9. The fraction of sp³-hybridized carbons (Fsp3) is 0.667. The average Bonchev–Trinajstić information content (AvgIpc) is 2.95. The lowest BCUT2D eigenvalue weighted by molar-refractivity contribution is -0.176. The van der Waals surface area contributed by atoms with Gasteiger partial charge in [-0.3, -0.25) is 0 Å². The fourth-order valence-electron chi connectivity index (χ4n) is 7.66. The van der Waals surface area contributed by atoms with Crippen molar-refractivity contribution in [2.24, 2.45) is 22.7 Å². The Morgan fingerprint density at radius 1 is 1.07 bits per heavy atom. The highest BCUT2D eigenvalue weighted by Gasteiger charge is 2.66. The van der Waals surface area contributed by atoms with Crippen LogP contribution in [-0.2, 0) is 0 Å². The second-order valence-electron chi connectivity index (χ2n) is 10.2. The minimum Gasteiger partial charge on any atom is -0.431 e. The molecule has 2 unspecified atom stereocenters. The largest absolute Gasteiger partial charge is 0.431 e. The summed E-state index contributed by atoms with van der Waals surface area (Å²) >= 11 is 0. The summed E-state index contributed by atoms with van der Waals surface area (Å²) in [6.07, 6.45) is 11.7. The summed E-state index contributed by atoms with van der Waals surface area (Å²) in [5.74, 6) is 1.07. The molecular formula is C24H31NO3. The number of aliphatic hydroxyl groups is 1. The molecule has 3 saturated carbocycles. The molecule has 0 radical (unpaired) electrons. The van der Waals surface area contributed by atoms with Crippen molar-refractivity contribution in [3.8, 4) is 0 Å². The summed E-state index contributed by atoms with van der Waals surface area (Å²) in [4.78, 5) is 11.4. The second-order valence-corrected chi connectivity index (χ2v) is 10.2. The number of rotatable bonds is 1. The van der Waals surface area contributed by atoms with E-state index in [-0.39, 0.29) is 22.4 Å². The Kier molecular flexibility index (Phi) is 3.88. The SMILES string of the molecule is C[C@]12CCC(=N)C=C1CCC1C2CC[C@]2(C)[C@@H](c3ccc(=O)oc3)CC[C@]12O. The van der Waals surface area contributed by atoms with Crippen LogP contribution < -0.4 is 5.63 Å². The third-order valence-electron chi connectivity index (χ3n) is 9.31. The van der Waals surface area contributed by atoms with E-state index in [0.29, 0.717) is 11.8 Å². The van der Waals surface area contributed by atoms with Gasteiger partial charge in [0.05, 0.1) is 11.9 Å². The van der Waals surface area contributed by atoms with E-state index in [9.17, 15) is 9.90 Å². The van der Waals surface area contributed by atoms with E-state index in [4.69, 9.17) is 9.83 Å². The Bertz CT molecular complexity index is 896. The molecular weight excluding hydrogens is 350 g/mol. The van der Waals surface area contributed by atoms with Gasteiger partial charge in [-0.1, -0.05) is 19.4 Å². The lowest BCUT2D eigenvalue weighted by Crippen LogP contribution is -2.60. The minimum absolute atomic E-state index is 0.141. The molecule has 150 valence electrons. The number of nitrogens with one attached hydrogen (secondary N) is 1. The molecule has 2 N–H and O–H groups in total. The van der Waals surface area contributed by atoms with Gasteiger partial charge in [-0.15, -0.1) is 0 Å². The number of fused-ring (bicyclic) bond motifs is 5. The first-order chi connectivity index (χ1) is 13.3.